The smallest absolute Gasteiger partial charge is 0.269 e. The molecule has 0 fully saturated rings. The number of rotatable bonds is 5. The number of H-pyrrole nitrogens is 1. The number of aryl methyl sites for hydroxylation is 1. The number of hydrogen-bond acceptors (Lipinski definition) is 4. The van der Waals surface area contributed by atoms with E-state index >= 15 is 0 Å². The Kier molecular flexibility index (Phi) is 4.14. The highest BCUT2D eigenvalue weighted by Crippen LogP contribution is 2.12. The summed E-state index contributed by atoms with van der Waals surface area (Å²) in [6, 6.07) is 0. The Labute approximate surface area is 113 Å². The molecule has 4 N–H and O–H groups in total. The molecule has 0 spiro atoms. The lowest BCUT2D eigenvalue weighted by Gasteiger charge is -2.02. The largest absolute Gasteiger partial charge is 0.369 e. The third-order valence-electron chi connectivity index (χ3n) is 2.45. The quantitative estimate of drug-likeness (QED) is 0.553. The number of nitrogens with zero attached hydrogens (tertiary/aromatic N) is 2. The first-order chi connectivity index (χ1) is 8.65. The number of aromatic nitrogens is 2. The topological polar surface area (TPSA) is 96.2 Å². The second-order valence-electron chi connectivity index (χ2n) is 3.91. The molecule has 1 aromatic rings. The Morgan fingerprint density at radius 1 is 1.61 bits per heavy atom. The molecule has 1 amide bonds. The lowest BCUT2D eigenvalue weighted by Crippen LogP contribution is -2.25. The van der Waals surface area contributed by atoms with Gasteiger partial charge in [0.15, 0.2) is 5.95 Å². The van der Waals surface area contributed by atoms with Gasteiger partial charge in [0.1, 0.15) is 5.70 Å². The zero-order valence-electron chi connectivity index (χ0n) is 9.69. The van der Waals surface area contributed by atoms with Crippen LogP contribution in [0.5, 0.6) is 0 Å². The fraction of sp³-hybridized carbons (Fsp3) is 0.364. The highest BCUT2D eigenvalue weighted by atomic mass is 79.9. The number of carbonyl (C=O) groups is 1. The molecule has 1 aliphatic rings. The third-order valence-corrected chi connectivity index (χ3v) is 2.95. The van der Waals surface area contributed by atoms with Gasteiger partial charge < -0.3 is 16.0 Å². The molecule has 0 radical (unpaired) electrons. The van der Waals surface area contributed by atoms with Crippen LogP contribution in [0.1, 0.15) is 12.1 Å². The van der Waals surface area contributed by atoms with Crippen molar-refractivity contribution in [3.8, 4) is 0 Å². The lowest BCUT2D eigenvalue weighted by molar-refractivity contribution is -0.117. The molecule has 2 heterocycles. The summed E-state index contributed by atoms with van der Waals surface area (Å²) in [4.78, 5) is 22.6. The molecule has 6 nitrogen and oxygen atoms in total. The van der Waals surface area contributed by atoms with E-state index in [2.05, 4.69) is 36.2 Å². The Balaban J connectivity index is 1.68. The lowest BCUT2D eigenvalue weighted by atomic mass is 10.2. The number of hydrogen-bond donors (Lipinski definition) is 3. The first-order valence-electron chi connectivity index (χ1n) is 5.63. The minimum absolute atomic E-state index is 0.0604. The van der Waals surface area contributed by atoms with Crippen LogP contribution in [-0.2, 0) is 11.2 Å². The number of nitrogens with two attached hydrogens (primary N) is 1. The molecule has 2 rings (SSSR count). The van der Waals surface area contributed by atoms with E-state index in [1.54, 1.807) is 18.5 Å². The maximum Gasteiger partial charge on any atom is 0.269 e. The molecule has 0 saturated heterocycles. The molecule has 0 aromatic carbocycles. The van der Waals surface area contributed by atoms with Crippen LogP contribution >= 0.6 is 15.9 Å². The van der Waals surface area contributed by atoms with Gasteiger partial charge in [-0.15, -0.1) is 0 Å². The maximum atomic E-state index is 11.7. The maximum absolute atomic E-state index is 11.7. The van der Waals surface area contributed by atoms with Gasteiger partial charge in [0, 0.05) is 19.0 Å². The molecular weight excluding hydrogens is 298 g/mol. The number of halogens is 1. The number of anilines is 1. The Bertz CT molecular complexity index is 493. The Morgan fingerprint density at radius 2 is 2.44 bits per heavy atom. The van der Waals surface area contributed by atoms with E-state index in [0.717, 1.165) is 18.5 Å². The van der Waals surface area contributed by atoms with Crippen molar-refractivity contribution in [1.29, 1.82) is 0 Å². The van der Waals surface area contributed by atoms with Crippen LogP contribution in [0.25, 0.3) is 0 Å². The number of aromatic amines is 1. The van der Waals surface area contributed by atoms with E-state index in [4.69, 9.17) is 5.73 Å². The Hall–Kier alpha value is -1.63. The van der Waals surface area contributed by atoms with Gasteiger partial charge in [-0.2, -0.15) is 0 Å². The highest BCUT2D eigenvalue weighted by Gasteiger charge is 2.14. The van der Waals surface area contributed by atoms with Crippen molar-refractivity contribution in [3.05, 3.63) is 23.7 Å². The summed E-state index contributed by atoms with van der Waals surface area (Å²) in [6.07, 6.45) is 6.81. The average molecular weight is 312 g/mol. The molecule has 0 bridgehead atoms. The summed E-state index contributed by atoms with van der Waals surface area (Å²) in [6.45, 7) is 0.589. The number of alkyl halides is 1. The van der Waals surface area contributed by atoms with Crippen molar-refractivity contribution in [3.63, 3.8) is 0 Å². The van der Waals surface area contributed by atoms with Crippen molar-refractivity contribution >= 4 is 34.0 Å². The molecule has 1 aliphatic heterocycles. The second kappa shape index (κ2) is 5.81. The summed E-state index contributed by atoms with van der Waals surface area (Å²) in [7, 11) is 0. The molecular formula is C11H14BrN5O. The zero-order chi connectivity index (χ0) is 13.0. The van der Waals surface area contributed by atoms with E-state index in [1.165, 1.54) is 0 Å². The first-order valence-corrected chi connectivity index (χ1v) is 6.55. The molecule has 7 heteroatoms. The van der Waals surface area contributed by atoms with Gasteiger partial charge in [-0.1, -0.05) is 15.9 Å². The van der Waals surface area contributed by atoms with Crippen molar-refractivity contribution < 1.29 is 4.79 Å². The molecule has 0 aliphatic carbocycles. The van der Waals surface area contributed by atoms with Crippen LogP contribution in [0.15, 0.2) is 23.0 Å². The molecule has 18 heavy (non-hydrogen) atoms. The van der Waals surface area contributed by atoms with Gasteiger partial charge >= 0.3 is 0 Å². The van der Waals surface area contributed by atoms with Gasteiger partial charge in [0.25, 0.3) is 5.91 Å². The van der Waals surface area contributed by atoms with Crippen LogP contribution in [0, 0.1) is 0 Å². The highest BCUT2D eigenvalue weighted by molar-refractivity contribution is 9.10. The van der Waals surface area contributed by atoms with Gasteiger partial charge in [-0.25, -0.2) is 4.98 Å². The normalized spacial score (nSPS) is 17.8. The Morgan fingerprint density at radius 3 is 3.06 bits per heavy atom. The minimum atomic E-state index is -0.144. The molecule has 96 valence electrons. The minimum Gasteiger partial charge on any atom is -0.369 e. The number of nitrogen functional groups attached to an aromatic ring is 1. The van der Waals surface area contributed by atoms with E-state index < -0.39 is 0 Å². The number of aliphatic imine (C=N–C) groups is 1. The number of imidazole rings is 1. The van der Waals surface area contributed by atoms with Crippen molar-refractivity contribution in [2.24, 2.45) is 4.99 Å². The molecule has 1 aromatic heterocycles. The predicted octanol–water partition coefficient (Wildman–Crippen LogP) is 0.772. The van der Waals surface area contributed by atoms with Gasteiger partial charge in [-0.05, 0) is 18.9 Å². The van der Waals surface area contributed by atoms with Crippen LogP contribution in [0.3, 0.4) is 0 Å². The molecule has 1 unspecified atom stereocenters. The van der Waals surface area contributed by atoms with Crippen molar-refractivity contribution in [2.45, 2.75) is 17.7 Å². The average Bonchev–Trinajstić information content (AvgIpc) is 2.93. The standard InChI is InChI=1S/C11H14BrN5O/c12-7-4-9(15-5-7)10(18)14-3-1-2-8-6-16-11(13)17-8/h4-7H,1-3H2,(H,14,18)(H3,13,16,17). The van der Waals surface area contributed by atoms with Crippen LogP contribution in [0.4, 0.5) is 5.95 Å². The fourth-order valence-electron chi connectivity index (χ4n) is 1.59. The van der Waals surface area contributed by atoms with E-state index in [1.807, 2.05) is 0 Å². The summed E-state index contributed by atoms with van der Waals surface area (Å²) in [5, 5.41) is 2.81. The number of allylic oxidation sites excluding steroid dienone is 1. The third kappa shape index (κ3) is 3.43. The van der Waals surface area contributed by atoms with Crippen molar-refractivity contribution in [1.82, 2.24) is 15.3 Å². The molecule has 0 saturated carbocycles. The van der Waals surface area contributed by atoms with Crippen LogP contribution in [-0.4, -0.2) is 33.5 Å². The summed E-state index contributed by atoms with van der Waals surface area (Å²) in [5.41, 5.74) is 6.82. The van der Waals surface area contributed by atoms with Crippen LogP contribution in [0.2, 0.25) is 0 Å². The van der Waals surface area contributed by atoms with Crippen LogP contribution < -0.4 is 11.1 Å². The first kappa shape index (κ1) is 12.8. The number of carbonyl (C=O) groups excluding carboxylic acids is 1. The molecule has 1 atom stereocenters. The fourth-order valence-corrected chi connectivity index (χ4v) is 1.96. The number of amides is 1. The second-order valence-corrected chi connectivity index (χ2v) is 4.97. The van der Waals surface area contributed by atoms with Gasteiger partial charge in [-0.3, -0.25) is 9.79 Å². The van der Waals surface area contributed by atoms with E-state index in [9.17, 15) is 4.79 Å². The summed E-state index contributed by atoms with van der Waals surface area (Å²) >= 11 is 3.33. The zero-order valence-corrected chi connectivity index (χ0v) is 11.3. The number of nitrogens with one attached hydrogen (secondary N) is 2. The summed E-state index contributed by atoms with van der Waals surface area (Å²) < 4.78 is 0. The monoisotopic (exact) mass is 311 g/mol. The predicted molar refractivity (Wildman–Crippen MR) is 73.6 cm³/mol. The van der Waals surface area contributed by atoms with E-state index in [-0.39, 0.29) is 10.7 Å². The van der Waals surface area contributed by atoms with Crippen molar-refractivity contribution in [2.75, 3.05) is 12.3 Å². The van der Waals surface area contributed by atoms with Gasteiger partial charge in [0.2, 0.25) is 0 Å². The SMILES string of the molecule is Nc1nc(CCCNC(=O)C2=CC(Br)C=N2)c[nH]1. The van der Waals surface area contributed by atoms with E-state index in [0.29, 0.717) is 18.2 Å². The van der Waals surface area contributed by atoms with Gasteiger partial charge in [0.05, 0.1) is 10.5 Å². The summed E-state index contributed by atoms with van der Waals surface area (Å²) in [5.74, 6) is 0.276.